The summed E-state index contributed by atoms with van der Waals surface area (Å²) in [5.41, 5.74) is 0. The maximum atomic E-state index is 2.44. The van der Waals surface area contributed by atoms with Gasteiger partial charge in [0.05, 0.1) is 0 Å². The normalized spacial score (nSPS) is 41.1. The van der Waals surface area contributed by atoms with Gasteiger partial charge in [-0.05, 0) is 5.92 Å². The molecule has 0 unspecified atom stereocenters. The van der Waals surface area contributed by atoms with E-state index in [1.165, 1.54) is 38.5 Å². The summed E-state index contributed by atoms with van der Waals surface area (Å²) in [6, 6.07) is 0. The summed E-state index contributed by atoms with van der Waals surface area (Å²) in [5, 5.41) is 0.779. The van der Waals surface area contributed by atoms with Gasteiger partial charge in [0.2, 0.25) is 0 Å². The Morgan fingerprint density at radius 2 is 1.83 bits per heavy atom. The quantitative estimate of drug-likeness (QED) is 0.521. The molecule has 0 aromatic heterocycles. The molecular formula is C11H23B. The van der Waals surface area contributed by atoms with E-state index >= 15 is 0 Å². The third kappa shape index (κ3) is 1.32. The molecule has 12 heavy (non-hydrogen) atoms. The van der Waals surface area contributed by atoms with Gasteiger partial charge < -0.3 is 0 Å². The lowest BCUT2D eigenvalue weighted by molar-refractivity contribution is 0.280. The van der Waals surface area contributed by atoms with Crippen molar-refractivity contribution in [2.75, 3.05) is 0 Å². The molecule has 70 valence electrons. The minimum absolute atomic E-state index is 0. The first kappa shape index (κ1) is 8.65. The van der Waals surface area contributed by atoms with Gasteiger partial charge in [0.1, 0.15) is 7.28 Å². The topological polar surface area (TPSA) is 0 Å². The summed E-state index contributed by atoms with van der Waals surface area (Å²) < 4.78 is 0. The second-order valence-corrected chi connectivity index (χ2v) is 5.37. The van der Waals surface area contributed by atoms with Crippen molar-refractivity contribution in [1.29, 1.82) is 0 Å². The van der Waals surface area contributed by atoms with Gasteiger partial charge in [0.15, 0.2) is 0 Å². The van der Waals surface area contributed by atoms with Crippen molar-refractivity contribution < 1.29 is 1.43 Å². The second kappa shape index (κ2) is 3.08. The number of hydrogen-bond donors (Lipinski definition) is 0. The lowest BCUT2D eigenvalue weighted by atomic mass is 9.33. The number of fused-ring (bicyclic) bond motifs is 2. The Labute approximate surface area is 78.8 Å². The molecule has 2 bridgehead atoms. The molecule has 2 aliphatic heterocycles. The standard InChI is InChI=1S/C11H21B.H2/c1-9(2)11-7-3-5-10(12-11)6-4-8-11;/h9-10,12H,3-8H2,1-2H3;1H. The predicted molar refractivity (Wildman–Crippen MR) is 58.2 cm³/mol. The lowest BCUT2D eigenvalue weighted by Gasteiger charge is -2.47. The van der Waals surface area contributed by atoms with Gasteiger partial charge in [0, 0.05) is 1.43 Å². The van der Waals surface area contributed by atoms with Gasteiger partial charge in [0.25, 0.3) is 0 Å². The summed E-state index contributed by atoms with van der Waals surface area (Å²) in [4.78, 5) is 0. The van der Waals surface area contributed by atoms with Gasteiger partial charge in [-0.15, -0.1) is 0 Å². The van der Waals surface area contributed by atoms with Gasteiger partial charge in [-0.3, -0.25) is 0 Å². The predicted octanol–water partition coefficient (Wildman–Crippen LogP) is 3.64. The number of rotatable bonds is 1. The lowest BCUT2D eigenvalue weighted by Crippen LogP contribution is -2.36. The van der Waals surface area contributed by atoms with Gasteiger partial charge >= 0.3 is 0 Å². The molecule has 2 aliphatic rings. The molecule has 0 atom stereocenters. The Kier molecular flexibility index (Phi) is 2.22. The van der Waals surface area contributed by atoms with Crippen molar-refractivity contribution in [3.05, 3.63) is 0 Å². The van der Waals surface area contributed by atoms with E-state index in [4.69, 9.17) is 0 Å². The van der Waals surface area contributed by atoms with Crippen LogP contribution in [0.2, 0.25) is 11.1 Å². The Balaban J connectivity index is 0.000000845. The highest BCUT2D eigenvalue weighted by Gasteiger charge is 2.41. The van der Waals surface area contributed by atoms with E-state index < -0.39 is 0 Å². The van der Waals surface area contributed by atoms with Crippen LogP contribution in [0.3, 0.4) is 0 Å². The van der Waals surface area contributed by atoms with Crippen LogP contribution in [-0.4, -0.2) is 7.28 Å². The van der Waals surface area contributed by atoms with Crippen molar-refractivity contribution in [1.82, 2.24) is 0 Å². The van der Waals surface area contributed by atoms with Crippen LogP contribution in [0.15, 0.2) is 0 Å². The zero-order valence-electron chi connectivity index (χ0n) is 8.60. The fraction of sp³-hybridized carbons (Fsp3) is 1.00. The first-order valence-corrected chi connectivity index (χ1v) is 5.73. The van der Waals surface area contributed by atoms with Crippen LogP contribution < -0.4 is 0 Å². The highest BCUT2D eigenvalue weighted by molar-refractivity contribution is 6.42. The monoisotopic (exact) mass is 166 g/mol. The largest absolute Gasteiger partial charge is 0.131 e. The molecule has 0 N–H and O–H groups in total. The average molecular weight is 166 g/mol. The molecule has 2 heterocycles. The molecule has 2 rings (SSSR count). The van der Waals surface area contributed by atoms with E-state index in [0.717, 1.165) is 17.0 Å². The molecular weight excluding hydrogens is 143 g/mol. The zero-order chi connectivity index (χ0) is 8.60. The molecule has 0 nitrogen and oxygen atoms in total. The molecule has 1 heteroatoms. The first-order chi connectivity index (χ1) is 5.73. The van der Waals surface area contributed by atoms with Crippen molar-refractivity contribution in [3.63, 3.8) is 0 Å². The maximum Gasteiger partial charge on any atom is 0.131 e. The molecule has 0 aromatic rings. The smallest absolute Gasteiger partial charge is 0.0651 e. The Hall–Kier alpha value is 0.0649. The maximum absolute atomic E-state index is 2.44. The Morgan fingerprint density at radius 1 is 1.25 bits per heavy atom. The molecule has 0 radical (unpaired) electrons. The Morgan fingerprint density at radius 3 is 2.25 bits per heavy atom. The fourth-order valence-electron chi connectivity index (χ4n) is 3.55. The summed E-state index contributed by atoms with van der Waals surface area (Å²) in [6.07, 6.45) is 9.16. The highest BCUT2D eigenvalue weighted by Crippen LogP contribution is 2.55. The van der Waals surface area contributed by atoms with Gasteiger partial charge in [-0.2, -0.15) is 0 Å². The van der Waals surface area contributed by atoms with Crippen LogP contribution in [0.5, 0.6) is 0 Å². The van der Waals surface area contributed by atoms with Crippen LogP contribution in [0.1, 0.15) is 53.8 Å². The summed E-state index contributed by atoms with van der Waals surface area (Å²) >= 11 is 0. The van der Waals surface area contributed by atoms with Crippen LogP contribution >= 0.6 is 0 Å². The van der Waals surface area contributed by atoms with Gasteiger partial charge in [-0.1, -0.05) is 63.5 Å². The summed E-state index contributed by atoms with van der Waals surface area (Å²) in [6.45, 7) is 4.88. The first-order valence-electron chi connectivity index (χ1n) is 5.73. The van der Waals surface area contributed by atoms with Crippen molar-refractivity contribution in [2.45, 2.75) is 63.5 Å². The van der Waals surface area contributed by atoms with E-state index in [1.54, 1.807) is 7.28 Å². The van der Waals surface area contributed by atoms with Crippen molar-refractivity contribution in [2.24, 2.45) is 5.92 Å². The molecule has 0 aromatic carbocycles. The molecule has 2 saturated heterocycles. The molecule has 0 spiro atoms. The van der Waals surface area contributed by atoms with Gasteiger partial charge in [-0.25, -0.2) is 0 Å². The zero-order valence-corrected chi connectivity index (χ0v) is 8.60. The van der Waals surface area contributed by atoms with Crippen LogP contribution in [0, 0.1) is 5.92 Å². The van der Waals surface area contributed by atoms with Crippen LogP contribution in [-0.2, 0) is 0 Å². The van der Waals surface area contributed by atoms with E-state index in [0.29, 0.717) is 0 Å². The molecule has 0 amide bonds. The third-order valence-electron chi connectivity index (χ3n) is 4.49. The minimum atomic E-state index is 0. The Bertz CT molecular complexity index is 157. The summed E-state index contributed by atoms with van der Waals surface area (Å²) in [7, 11) is 1.56. The van der Waals surface area contributed by atoms with E-state index in [9.17, 15) is 0 Å². The van der Waals surface area contributed by atoms with Crippen molar-refractivity contribution >= 4 is 7.28 Å². The third-order valence-corrected chi connectivity index (χ3v) is 4.49. The molecule has 0 aliphatic carbocycles. The minimum Gasteiger partial charge on any atom is -0.0651 e. The SMILES string of the molecule is CC(C)C12BC(CCC1)CCC2.[HH]. The highest BCUT2D eigenvalue weighted by atomic mass is 14.4. The molecule has 2 fully saturated rings. The fourth-order valence-corrected chi connectivity index (χ4v) is 3.55. The van der Waals surface area contributed by atoms with Crippen LogP contribution in [0.25, 0.3) is 0 Å². The average Bonchev–Trinajstić information content (AvgIpc) is 2.04. The van der Waals surface area contributed by atoms with E-state index in [1.807, 2.05) is 0 Å². The van der Waals surface area contributed by atoms with E-state index in [-0.39, 0.29) is 1.43 Å². The van der Waals surface area contributed by atoms with Crippen molar-refractivity contribution in [3.8, 4) is 0 Å². The molecule has 0 saturated carbocycles. The number of hydrogen-bond acceptors (Lipinski definition) is 0. The van der Waals surface area contributed by atoms with E-state index in [2.05, 4.69) is 13.8 Å². The second-order valence-electron chi connectivity index (χ2n) is 5.37. The summed E-state index contributed by atoms with van der Waals surface area (Å²) in [5.74, 6) is 2.04. The van der Waals surface area contributed by atoms with Crippen LogP contribution in [0.4, 0.5) is 0 Å².